The molecule has 1 aliphatic heterocycles. The monoisotopic (exact) mass is 344 g/mol. The lowest BCUT2D eigenvalue weighted by Gasteiger charge is -2.17. The van der Waals surface area contributed by atoms with Gasteiger partial charge < -0.3 is 10.6 Å². The van der Waals surface area contributed by atoms with Crippen LogP contribution in [-0.4, -0.2) is 26.1 Å². The number of carbonyl (C=O) groups is 1. The number of sulfone groups is 1. The molecule has 0 unspecified atom stereocenters. The first-order chi connectivity index (χ1) is 11.4. The van der Waals surface area contributed by atoms with Crippen molar-refractivity contribution in [1.29, 1.82) is 0 Å². The standard InChI is InChI=1S/C18H20N2O3S/c1-3-24(22,23)14-7-4-6-13(11-14)15-8-5-9-16-18(15)19-12(2)10-17(21)20-16/h4-9,11-12,19H,3,10H2,1-2H3,(H,20,21)/t12-/m1/s1. The van der Waals surface area contributed by atoms with Gasteiger partial charge in [0.05, 0.1) is 22.0 Å². The van der Waals surface area contributed by atoms with E-state index in [4.69, 9.17) is 0 Å². The maximum atomic E-state index is 12.2. The molecule has 1 heterocycles. The molecule has 2 aromatic rings. The second-order valence-electron chi connectivity index (χ2n) is 5.96. The molecule has 0 saturated heterocycles. The molecule has 0 bridgehead atoms. The molecule has 2 aromatic carbocycles. The molecular formula is C18H20N2O3S. The molecule has 126 valence electrons. The second kappa shape index (κ2) is 6.28. The lowest BCUT2D eigenvalue weighted by molar-refractivity contribution is -0.116. The van der Waals surface area contributed by atoms with Gasteiger partial charge in [-0.05, 0) is 30.7 Å². The van der Waals surface area contributed by atoms with Gasteiger partial charge in [-0.2, -0.15) is 0 Å². The van der Waals surface area contributed by atoms with Gasteiger partial charge >= 0.3 is 0 Å². The Morgan fingerprint density at radius 3 is 2.67 bits per heavy atom. The Morgan fingerprint density at radius 2 is 1.92 bits per heavy atom. The van der Waals surface area contributed by atoms with Crippen LogP contribution in [0.5, 0.6) is 0 Å². The Balaban J connectivity index is 2.13. The Hall–Kier alpha value is -2.34. The highest BCUT2D eigenvalue weighted by atomic mass is 32.2. The van der Waals surface area contributed by atoms with Gasteiger partial charge in [-0.25, -0.2) is 8.42 Å². The molecule has 6 heteroatoms. The van der Waals surface area contributed by atoms with Crippen molar-refractivity contribution in [2.24, 2.45) is 0 Å². The van der Waals surface area contributed by atoms with Crippen LogP contribution in [0.4, 0.5) is 11.4 Å². The van der Waals surface area contributed by atoms with Gasteiger partial charge in [-0.15, -0.1) is 0 Å². The number of nitrogens with one attached hydrogen (secondary N) is 2. The molecule has 0 saturated carbocycles. The highest BCUT2D eigenvalue weighted by Gasteiger charge is 2.21. The molecule has 5 nitrogen and oxygen atoms in total. The van der Waals surface area contributed by atoms with Crippen LogP contribution >= 0.6 is 0 Å². The summed E-state index contributed by atoms with van der Waals surface area (Å²) in [5, 5.41) is 6.26. The smallest absolute Gasteiger partial charge is 0.226 e. The number of amides is 1. The summed E-state index contributed by atoms with van der Waals surface area (Å²) in [6, 6.07) is 12.5. The van der Waals surface area contributed by atoms with Crippen molar-refractivity contribution in [2.45, 2.75) is 31.2 Å². The third kappa shape index (κ3) is 3.14. The molecule has 0 spiro atoms. The van der Waals surface area contributed by atoms with Crippen molar-refractivity contribution >= 4 is 27.1 Å². The van der Waals surface area contributed by atoms with Crippen LogP contribution in [0.1, 0.15) is 20.3 Å². The van der Waals surface area contributed by atoms with E-state index in [2.05, 4.69) is 10.6 Å². The maximum Gasteiger partial charge on any atom is 0.226 e. The molecule has 1 atom stereocenters. The van der Waals surface area contributed by atoms with Crippen LogP contribution < -0.4 is 10.6 Å². The topological polar surface area (TPSA) is 75.3 Å². The lowest BCUT2D eigenvalue weighted by atomic mass is 10.0. The fraction of sp³-hybridized carbons (Fsp3) is 0.278. The van der Waals surface area contributed by atoms with Crippen LogP contribution in [0.3, 0.4) is 0 Å². The minimum Gasteiger partial charge on any atom is -0.380 e. The first-order valence-corrected chi connectivity index (χ1v) is 9.58. The van der Waals surface area contributed by atoms with Gasteiger partial charge in [0.2, 0.25) is 5.91 Å². The zero-order chi connectivity index (χ0) is 17.3. The summed E-state index contributed by atoms with van der Waals surface area (Å²) >= 11 is 0. The number of carbonyl (C=O) groups excluding carboxylic acids is 1. The number of fused-ring (bicyclic) bond motifs is 1. The van der Waals surface area contributed by atoms with E-state index in [-0.39, 0.29) is 17.7 Å². The van der Waals surface area contributed by atoms with E-state index in [0.717, 1.165) is 16.8 Å². The van der Waals surface area contributed by atoms with E-state index in [9.17, 15) is 13.2 Å². The first kappa shape index (κ1) is 16.5. The average Bonchev–Trinajstić information content (AvgIpc) is 2.70. The van der Waals surface area contributed by atoms with Crippen molar-refractivity contribution in [1.82, 2.24) is 0 Å². The Morgan fingerprint density at radius 1 is 1.17 bits per heavy atom. The summed E-state index contributed by atoms with van der Waals surface area (Å²) in [4.78, 5) is 12.2. The van der Waals surface area contributed by atoms with Crippen LogP contribution in [0.2, 0.25) is 0 Å². The van der Waals surface area contributed by atoms with Gasteiger partial charge in [-0.1, -0.05) is 31.2 Å². The first-order valence-electron chi connectivity index (χ1n) is 7.93. The van der Waals surface area contributed by atoms with Crippen molar-refractivity contribution in [3.8, 4) is 11.1 Å². The maximum absolute atomic E-state index is 12.2. The van der Waals surface area contributed by atoms with Crippen molar-refractivity contribution in [3.63, 3.8) is 0 Å². The molecular weight excluding hydrogens is 324 g/mol. The summed E-state index contributed by atoms with van der Waals surface area (Å²) in [6.45, 7) is 3.58. The zero-order valence-electron chi connectivity index (χ0n) is 13.7. The van der Waals surface area contributed by atoms with Crippen molar-refractivity contribution < 1.29 is 13.2 Å². The van der Waals surface area contributed by atoms with Gasteiger partial charge in [0.15, 0.2) is 9.84 Å². The number of para-hydroxylation sites is 1. The minimum absolute atomic E-state index is 0.00467. The highest BCUT2D eigenvalue weighted by molar-refractivity contribution is 7.91. The van der Waals surface area contributed by atoms with Gasteiger partial charge in [-0.3, -0.25) is 4.79 Å². The SMILES string of the molecule is CCS(=O)(=O)c1cccc(-c2cccc3c2N[C@H](C)CC(=O)N3)c1. The number of hydrogen-bond donors (Lipinski definition) is 2. The van der Waals surface area contributed by atoms with E-state index in [1.807, 2.05) is 31.2 Å². The molecule has 1 amide bonds. The molecule has 0 aliphatic carbocycles. The third-order valence-corrected chi connectivity index (χ3v) is 5.84. The molecule has 0 aromatic heterocycles. The molecule has 24 heavy (non-hydrogen) atoms. The van der Waals surface area contributed by atoms with Crippen LogP contribution in [0, 0.1) is 0 Å². The second-order valence-corrected chi connectivity index (χ2v) is 8.24. The Bertz CT molecular complexity index is 891. The Kier molecular flexibility index (Phi) is 4.32. The van der Waals surface area contributed by atoms with E-state index in [0.29, 0.717) is 17.0 Å². The summed E-state index contributed by atoms with van der Waals surface area (Å²) < 4.78 is 24.3. The largest absolute Gasteiger partial charge is 0.380 e. The van der Waals surface area contributed by atoms with Crippen LogP contribution in [0.25, 0.3) is 11.1 Å². The van der Waals surface area contributed by atoms with E-state index in [1.54, 1.807) is 25.1 Å². The normalized spacial score (nSPS) is 17.4. The number of anilines is 2. The van der Waals surface area contributed by atoms with Crippen LogP contribution in [0.15, 0.2) is 47.4 Å². The summed E-state index contributed by atoms with van der Waals surface area (Å²) in [7, 11) is -3.27. The third-order valence-electron chi connectivity index (χ3n) is 4.11. The molecule has 0 fully saturated rings. The van der Waals surface area contributed by atoms with E-state index < -0.39 is 9.84 Å². The van der Waals surface area contributed by atoms with Crippen LogP contribution in [-0.2, 0) is 14.6 Å². The highest BCUT2D eigenvalue weighted by Crippen LogP contribution is 2.37. The van der Waals surface area contributed by atoms with Crippen molar-refractivity contribution in [3.05, 3.63) is 42.5 Å². The van der Waals surface area contributed by atoms with Crippen molar-refractivity contribution in [2.75, 3.05) is 16.4 Å². The lowest BCUT2D eigenvalue weighted by Crippen LogP contribution is -2.19. The van der Waals surface area contributed by atoms with E-state index in [1.165, 1.54) is 0 Å². The number of hydrogen-bond acceptors (Lipinski definition) is 4. The predicted octanol–water partition coefficient (Wildman–Crippen LogP) is 3.29. The predicted molar refractivity (Wildman–Crippen MR) is 95.9 cm³/mol. The zero-order valence-corrected chi connectivity index (χ0v) is 14.5. The molecule has 1 aliphatic rings. The Labute approximate surface area is 142 Å². The minimum atomic E-state index is -3.27. The summed E-state index contributed by atoms with van der Waals surface area (Å²) in [6.07, 6.45) is 0.387. The summed E-state index contributed by atoms with van der Waals surface area (Å²) in [5.74, 6) is 0.0301. The number of rotatable bonds is 3. The van der Waals surface area contributed by atoms with E-state index >= 15 is 0 Å². The fourth-order valence-corrected chi connectivity index (χ4v) is 3.78. The molecule has 0 radical (unpaired) electrons. The van der Waals surface area contributed by atoms with Gasteiger partial charge in [0, 0.05) is 18.0 Å². The average molecular weight is 344 g/mol. The van der Waals surface area contributed by atoms with Gasteiger partial charge in [0.1, 0.15) is 0 Å². The molecule has 2 N–H and O–H groups in total. The summed E-state index contributed by atoms with van der Waals surface area (Å²) in [5.41, 5.74) is 3.21. The quantitative estimate of drug-likeness (QED) is 0.896. The molecule has 3 rings (SSSR count). The van der Waals surface area contributed by atoms with Gasteiger partial charge in [0.25, 0.3) is 0 Å². The number of benzene rings is 2. The fourth-order valence-electron chi connectivity index (χ4n) is 2.85.